The number of carbonyl (C=O) groups is 1. The summed E-state index contributed by atoms with van der Waals surface area (Å²) >= 11 is 0. The molecule has 0 bridgehead atoms. The summed E-state index contributed by atoms with van der Waals surface area (Å²) in [6.45, 7) is 4.00. The summed E-state index contributed by atoms with van der Waals surface area (Å²) in [5.41, 5.74) is 0.189. The number of aromatic carboxylic acids is 1. The van der Waals surface area contributed by atoms with Gasteiger partial charge in [0.25, 0.3) is 0 Å². The van der Waals surface area contributed by atoms with Crippen molar-refractivity contribution in [3.05, 3.63) is 17.5 Å². The molecule has 0 aliphatic rings. The fourth-order valence-electron chi connectivity index (χ4n) is 1.36. The van der Waals surface area contributed by atoms with Crippen LogP contribution in [0.25, 0.3) is 0 Å². The molecule has 0 aliphatic carbocycles. The highest BCUT2D eigenvalue weighted by molar-refractivity contribution is 5.88. The van der Waals surface area contributed by atoms with Crippen LogP contribution < -0.4 is 0 Å². The number of aromatic nitrogens is 1. The molecule has 0 unspecified atom stereocenters. The Labute approximate surface area is 76.5 Å². The van der Waals surface area contributed by atoms with Crippen molar-refractivity contribution in [3.8, 4) is 0 Å². The van der Waals surface area contributed by atoms with Gasteiger partial charge in [0.05, 0.1) is 6.20 Å². The fourth-order valence-corrected chi connectivity index (χ4v) is 1.36. The predicted octanol–water partition coefficient (Wildman–Crippen LogP) is 2.28. The molecule has 4 nitrogen and oxygen atoms in total. The average Bonchev–Trinajstić information content (AvgIpc) is 2.55. The van der Waals surface area contributed by atoms with Crippen LogP contribution in [0, 0.1) is 0 Å². The molecule has 13 heavy (non-hydrogen) atoms. The zero-order chi connectivity index (χ0) is 9.84. The largest absolute Gasteiger partial charge is 0.478 e. The van der Waals surface area contributed by atoms with E-state index >= 15 is 0 Å². The standard InChI is InChI=1S/C9H13NO3/c1-3-6(4-2)8-7(9(11)12)5-10-13-8/h5-6H,3-4H2,1-2H3,(H,11,12). The zero-order valence-electron chi connectivity index (χ0n) is 7.78. The molecule has 1 N–H and O–H groups in total. The normalized spacial score (nSPS) is 10.7. The van der Waals surface area contributed by atoms with Gasteiger partial charge in [-0.3, -0.25) is 0 Å². The smallest absolute Gasteiger partial charge is 0.340 e. The summed E-state index contributed by atoms with van der Waals surface area (Å²) < 4.78 is 4.94. The summed E-state index contributed by atoms with van der Waals surface area (Å²) in [5, 5.41) is 12.3. The van der Waals surface area contributed by atoms with Gasteiger partial charge >= 0.3 is 5.97 Å². The molecule has 1 aromatic rings. The molecule has 0 spiro atoms. The molecule has 0 aromatic carbocycles. The van der Waals surface area contributed by atoms with Gasteiger partial charge < -0.3 is 9.63 Å². The van der Waals surface area contributed by atoms with Gasteiger partial charge in [0.1, 0.15) is 5.56 Å². The quantitative estimate of drug-likeness (QED) is 0.777. The van der Waals surface area contributed by atoms with Crippen LogP contribution in [0.1, 0.15) is 48.7 Å². The average molecular weight is 183 g/mol. The first-order valence-electron chi connectivity index (χ1n) is 4.38. The van der Waals surface area contributed by atoms with Crippen molar-refractivity contribution in [1.29, 1.82) is 0 Å². The fraction of sp³-hybridized carbons (Fsp3) is 0.556. The summed E-state index contributed by atoms with van der Waals surface area (Å²) in [4.78, 5) is 10.7. The minimum absolute atomic E-state index is 0.161. The Kier molecular flexibility index (Phi) is 3.06. The lowest BCUT2D eigenvalue weighted by Crippen LogP contribution is -2.03. The lowest BCUT2D eigenvalue weighted by atomic mass is 9.97. The van der Waals surface area contributed by atoms with Crippen LogP contribution in [0.4, 0.5) is 0 Å². The molecule has 0 fully saturated rings. The number of nitrogens with zero attached hydrogens (tertiary/aromatic N) is 1. The Morgan fingerprint density at radius 2 is 2.23 bits per heavy atom. The molecule has 0 saturated heterocycles. The number of hydrogen-bond donors (Lipinski definition) is 1. The van der Waals surface area contributed by atoms with Crippen molar-refractivity contribution in [2.24, 2.45) is 0 Å². The van der Waals surface area contributed by atoms with Crippen molar-refractivity contribution in [1.82, 2.24) is 5.16 Å². The predicted molar refractivity (Wildman–Crippen MR) is 46.8 cm³/mol. The Morgan fingerprint density at radius 1 is 1.62 bits per heavy atom. The highest BCUT2D eigenvalue weighted by atomic mass is 16.5. The number of carboxylic acids is 1. The van der Waals surface area contributed by atoms with E-state index in [1.54, 1.807) is 0 Å². The van der Waals surface area contributed by atoms with Crippen LogP contribution in [0.5, 0.6) is 0 Å². The summed E-state index contributed by atoms with van der Waals surface area (Å²) in [6, 6.07) is 0. The van der Waals surface area contributed by atoms with E-state index < -0.39 is 5.97 Å². The number of rotatable bonds is 4. The lowest BCUT2D eigenvalue weighted by molar-refractivity contribution is 0.0693. The molecule has 0 aliphatic heterocycles. The van der Waals surface area contributed by atoms with Gasteiger partial charge in [-0.15, -0.1) is 0 Å². The second-order valence-electron chi connectivity index (χ2n) is 2.92. The van der Waals surface area contributed by atoms with E-state index in [1.165, 1.54) is 6.20 Å². The van der Waals surface area contributed by atoms with Gasteiger partial charge in [-0.05, 0) is 12.8 Å². The van der Waals surface area contributed by atoms with E-state index in [-0.39, 0.29) is 11.5 Å². The summed E-state index contributed by atoms with van der Waals surface area (Å²) in [5.74, 6) is -0.311. The van der Waals surface area contributed by atoms with Crippen molar-refractivity contribution in [2.75, 3.05) is 0 Å². The number of hydrogen-bond acceptors (Lipinski definition) is 3. The second kappa shape index (κ2) is 4.07. The van der Waals surface area contributed by atoms with Crippen LogP contribution in [0.15, 0.2) is 10.7 Å². The zero-order valence-corrected chi connectivity index (χ0v) is 7.78. The first-order valence-corrected chi connectivity index (χ1v) is 4.38. The Bertz CT molecular complexity index is 289. The SMILES string of the molecule is CCC(CC)c1oncc1C(=O)O. The van der Waals surface area contributed by atoms with Crippen LogP contribution in [0.2, 0.25) is 0 Å². The van der Waals surface area contributed by atoms with Crippen molar-refractivity contribution in [3.63, 3.8) is 0 Å². The van der Waals surface area contributed by atoms with Crippen LogP contribution in [-0.4, -0.2) is 16.2 Å². The van der Waals surface area contributed by atoms with Gasteiger partial charge in [0.2, 0.25) is 0 Å². The Balaban J connectivity index is 2.98. The van der Waals surface area contributed by atoms with Crippen molar-refractivity contribution >= 4 is 5.97 Å². The number of carboxylic acid groups (broad SMARTS) is 1. The molecular weight excluding hydrogens is 170 g/mol. The van der Waals surface area contributed by atoms with Crippen LogP contribution >= 0.6 is 0 Å². The minimum Gasteiger partial charge on any atom is -0.478 e. The van der Waals surface area contributed by atoms with Crippen LogP contribution in [-0.2, 0) is 0 Å². The lowest BCUT2D eigenvalue weighted by Gasteiger charge is -2.07. The Morgan fingerprint density at radius 3 is 2.69 bits per heavy atom. The molecule has 1 aromatic heterocycles. The van der Waals surface area contributed by atoms with E-state index in [2.05, 4.69) is 5.16 Å². The van der Waals surface area contributed by atoms with Gasteiger partial charge in [-0.25, -0.2) is 4.79 Å². The third kappa shape index (κ3) is 1.88. The van der Waals surface area contributed by atoms with Crippen molar-refractivity contribution < 1.29 is 14.4 Å². The maximum atomic E-state index is 10.7. The summed E-state index contributed by atoms with van der Waals surface area (Å²) in [6.07, 6.45) is 2.99. The second-order valence-corrected chi connectivity index (χ2v) is 2.92. The minimum atomic E-state index is -0.969. The highest BCUT2D eigenvalue weighted by Crippen LogP contribution is 2.25. The van der Waals surface area contributed by atoms with Gasteiger partial charge in [-0.2, -0.15) is 0 Å². The van der Waals surface area contributed by atoms with Gasteiger partial charge in [-0.1, -0.05) is 19.0 Å². The maximum Gasteiger partial charge on any atom is 0.340 e. The van der Waals surface area contributed by atoms with Crippen LogP contribution in [0.3, 0.4) is 0 Å². The highest BCUT2D eigenvalue weighted by Gasteiger charge is 2.21. The van der Waals surface area contributed by atoms with E-state index in [4.69, 9.17) is 9.63 Å². The molecule has 1 rings (SSSR count). The van der Waals surface area contributed by atoms with E-state index in [1.807, 2.05) is 13.8 Å². The van der Waals surface area contributed by atoms with E-state index in [0.29, 0.717) is 5.76 Å². The molecule has 0 amide bonds. The van der Waals surface area contributed by atoms with E-state index in [9.17, 15) is 4.79 Å². The molecule has 0 radical (unpaired) electrons. The summed E-state index contributed by atoms with van der Waals surface area (Å²) in [7, 11) is 0. The monoisotopic (exact) mass is 183 g/mol. The first kappa shape index (κ1) is 9.77. The third-order valence-electron chi connectivity index (χ3n) is 2.19. The molecule has 0 atom stereocenters. The molecule has 72 valence electrons. The topological polar surface area (TPSA) is 63.3 Å². The first-order chi connectivity index (χ1) is 6.20. The third-order valence-corrected chi connectivity index (χ3v) is 2.19. The molecule has 1 heterocycles. The van der Waals surface area contributed by atoms with Crippen molar-refractivity contribution in [2.45, 2.75) is 32.6 Å². The molecule has 0 saturated carbocycles. The van der Waals surface area contributed by atoms with Gasteiger partial charge in [0, 0.05) is 5.92 Å². The molecule has 4 heteroatoms. The molecular formula is C9H13NO3. The van der Waals surface area contributed by atoms with E-state index in [0.717, 1.165) is 12.8 Å². The van der Waals surface area contributed by atoms with Gasteiger partial charge in [0.15, 0.2) is 5.76 Å². The Hall–Kier alpha value is -1.32. The maximum absolute atomic E-state index is 10.7.